The fourth-order valence-corrected chi connectivity index (χ4v) is 3.66. The normalized spacial score (nSPS) is 22.1. The second-order valence-corrected chi connectivity index (χ2v) is 6.13. The molecule has 3 nitrogen and oxygen atoms in total. The van der Waals surface area contributed by atoms with E-state index < -0.39 is 0 Å². The molecule has 0 amide bonds. The molecular formula is C16H35N3. The number of hydrogen-bond donors (Lipinski definition) is 1. The van der Waals surface area contributed by atoms with E-state index >= 15 is 0 Å². The van der Waals surface area contributed by atoms with Crippen molar-refractivity contribution in [1.82, 2.24) is 9.80 Å². The Kier molecular flexibility index (Phi) is 7.33. The van der Waals surface area contributed by atoms with Gasteiger partial charge in [0.1, 0.15) is 0 Å². The minimum absolute atomic E-state index is 0.224. The highest BCUT2D eigenvalue weighted by molar-refractivity contribution is 4.90. The van der Waals surface area contributed by atoms with Crippen molar-refractivity contribution in [3.05, 3.63) is 0 Å². The molecule has 0 aromatic rings. The Balaban J connectivity index is 2.55. The van der Waals surface area contributed by atoms with Gasteiger partial charge in [-0.25, -0.2) is 0 Å². The predicted molar refractivity (Wildman–Crippen MR) is 84.5 cm³/mol. The molecule has 0 saturated carbocycles. The zero-order chi connectivity index (χ0) is 14.3. The smallest absolute Gasteiger partial charge is 0.0326 e. The highest BCUT2D eigenvalue weighted by atomic mass is 15.2. The van der Waals surface area contributed by atoms with Gasteiger partial charge in [-0.3, -0.25) is 4.90 Å². The maximum Gasteiger partial charge on any atom is 0.0326 e. The Hall–Kier alpha value is -0.120. The van der Waals surface area contributed by atoms with Crippen molar-refractivity contribution in [2.24, 2.45) is 5.73 Å². The fraction of sp³-hybridized carbons (Fsp3) is 1.00. The summed E-state index contributed by atoms with van der Waals surface area (Å²) in [6.45, 7) is 11.2. The first-order valence-corrected chi connectivity index (χ1v) is 8.28. The summed E-state index contributed by atoms with van der Waals surface area (Å²) >= 11 is 0. The number of piperidine rings is 1. The third kappa shape index (κ3) is 4.17. The van der Waals surface area contributed by atoms with Crippen LogP contribution in [-0.2, 0) is 0 Å². The third-order valence-electron chi connectivity index (χ3n) is 5.40. The maximum absolute atomic E-state index is 6.09. The summed E-state index contributed by atoms with van der Waals surface area (Å²) in [6.07, 6.45) is 7.78. The van der Waals surface area contributed by atoms with Crippen LogP contribution < -0.4 is 5.73 Å². The van der Waals surface area contributed by atoms with Gasteiger partial charge in [-0.1, -0.05) is 27.2 Å². The van der Waals surface area contributed by atoms with Gasteiger partial charge < -0.3 is 10.6 Å². The summed E-state index contributed by atoms with van der Waals surface area (Å²) in [5.74, 6) is 0. The molecule has 2 N–H and O–H groups in total. The van der Waals surface area contributed by atoms with E-state index in [1.54, 1.807) is 0 Å². The molecular weight excluding hydrogens is 234 g/mol. The lowest BCUT2D eigenvalue weighted by molar-refractivity contribution is 0.0721. The summed E-state index contributed by atoms with van der Waals surface area (Å²) in [6, 6.07) is 0.784. The monoisotopic (exact) mass is 269 g/mol. The van der Waals surface area contributed by atoms with E-state index in [9.17, 15) is 0 Å². The molecule has 1 fully saturated rings. The SMILES string of the molecule is CCN(CCC1CCCCN1C)C(CC)(CC)CN. The van der Waals surface area contributed by atoms with Gasteiger partial charge >= 0.3 is 0 Å². The molecule has 0 aromatic carbocycles. The molecule has 1 saturated heterocycles. The van der Waals surface area contributed by atoms with Crippen molar-refractivity contribution < 1.29 is 0 Å². The number of rotatable bonds is 8. The van der Waals surface area contributed by atoms with Crippen molar-refractivity contribution in [3.8, 4) is 0 Å². The van der Waals surface area contributed by atoms with Crippen LogP contribution in [0.1, 0.15) is 59.3 Å². The quantitative estimate of drug-likeness (QED) is 0.735. The Bertz CT molecular complexity index is 230. The van der Waals surface area contributed by atoms with Crippen LogP contribution in [0.25, 0.3) is 0 Å². The van der Waals surface area contributed by atoms with Gasteiger partial charge in [0.15, 0.2) is 0 Å². The van der Waals surface area contributed by atoms with Crippen LogP contribution in [0.3, 0.4) is 0 Å². The Morgan fingerprint density at radius 3 is 2.37 bits per heavy atom. The minimum atomic E-state index is 0.224. The average molecular weight is 269 g/mol. The highest BCUT2D eigenvalue weighted by Crippen LogP contribution is 2.25. The zero-order valence-corrected chi connectivity index (χ0v) is 13.6. The zero-order valence-electron chi connectivity index (χ0n) is 13.6. The summed E-state index contributed by atoms with van der Waals surface area (Å²) in [5, 5.41) is 0. The van der Waals surface area contributed by atoms with E-state index in [0.717, 1.165) is 32.0 Å². The van der Waals surface area contributed by atoms with Gasteiger partial charge in [-0.05, 0) is 52.2 Å². The van der Waals surface area contributed by atoms with E-state index in [1.807, 2.05) is 0 Å². The molecule has 114 valence electrons. The highest BCUT2D eigenvalue weighted by Gasteiger charge is 2.31. The molecule has 0 aromatic heterocycles. The average Bonchev–Trinajstić information content (AvgIpc) is 2.45. The molecule has 0 radical (unpaired) electrons. The Labute approximate surface area is 120 Å². The fourth-order valence-electron chi connectivity index (χ4n) is 3.66. The van der Waals surface area contributed by atoms with Crippen LogP contribution >= 0.6 is 0 Å². The number of hydrogen-bond acceptors (Lipinski definition) is 3. The number of nitrogens with zero attached hydrogens (tertiary/aromatic N) is 2. The van der Waals surface area contributed by atoms with E-state index in [1.165, 1.54) is 38.8 Å². The number of likely N-dealkylation sites (tertiary alicyclic amines) is 1. The lowest BCUT2D eigenvalue weighted by atomic mass is 9.89. The first kappa shape index (κ1) is 16.9. The summed E-state index contributed by atoms with van der Waals surface area (Å²) in [7, 11) is 2.29. The lowest BCUT2D eigenvalue weighted by Crippen LogP contribution is -2.54. The van der Waals surface area contributed by atoms with E-state index in [0.29, 0.717) is 0 Å². The van der Waals surface area contributed by atoms with E-state index in [2.05, 4.69) is 37.6 Å². The Morgan fingerprint density at radius 2 is 1.89 bits per heavy atom. The van der Waals surface area contributed by atoms with Crippen molar-refractivity contribution in [2.45, 2.75) is 70.9 Å². The van der Waals surface area contributed by atoms with Gasteiger partial charge in [-0.2, -0.15) is 0 Å². The van der Waals surface area contributed by atoms with Crippen LogP contribution in [0.2, 0.25) is 0 Å². The number of nitrogens with two attached hydrogens (primary N) is 1. The second kappa shape index (κ2) is 8.23. The van der Waals surface area contributed by atoms with Crippen molar-refractivity contribution in [3.63, 3.8) is 0 Å². The van der Waals surface area contributed by atoms with Gasteiger partial charge in [0, 0.05) is 24.7 Å². The predicted octanol–water partition coefficient (Wildman–Crippen LogP) is 2.70. The van der Waals surface area contributed by atoms with Gasteiger partial charge in [-0.15, -0.1) is 0 Å². The molecule has 1 aliphatic rings. The van der Waals surface area contributed by atoms with Crippen molar-refractivity contribution in [1.29, 1.82) is 0 Å². The largest absolute Gasteiger partial charge is 0.329 e. The van der Waals surface area contributed by atoms with Crippen LogP contribution in [0.5, 0.6) is 0 Å². The van der Waals surface area contributed by atoms with Crippen LogP contribution in [0.15, 0.2) is 0 Å². The van der Waals surface area contributed by atoms with Crippen LogP contribution in [-0.4, -0.2) is 54.6 Å². The van der Waals surface area contributed by atoms with E-state index in [-0.39, 0.29) is 5.54 Å². The molecule has 3 heteroatoms. The van der Waals surface area contributed by atoms with Crippen LogP contribution in [0, 0.1) is 0 Å². The molecule has 1 atom stereocenters. The number of likely N-dealkylation sites (N-methyl/N-ethyl adjacent to an activating group) is 1. The summed E-state index contributed by atoms with van der Waals surface area (Å²) < 4.78 is 0. The van der Waals surface area contributed by atoms with Gasteiger partial charge in [0.2, 0.25) is 0 Å². The summed E-state index contributed by atoms with van der Waals surface area (Å²) in [5.41, 5.74) is 6.31. The first-order valence-electron chi connectivity index (χ1n) is 8.28. The molecule has 0 bridgehead atoms. The molecule has 1 heterocycles. The van der Waals surface area contributed by atoms with Crippen molar-refractivity contribution in [2.75, 3.05) is 33.2 Å². The first-order chi connectivity index (χ1) is 9.13. The van der Waals surface area contributed by atoms with Gasteiger partial charge in [0.05, 0.1) is 0 Å². The molecule has 1 unspecified atom stereocenters. The van der Waals surface area contributed by atoms with Crippen molar-refractivity contribution >= 4 is 0 Å². The summed E-state index contributed by atoms with van der Waals surface area (Å²) in [4.78, 5) is 5.19. The molecule has 1 rings (SSSR count). The third-order valence-corrected chi connectivity index (χ3v) is 5.40. The van der Waals surface area contributed by atoms with E-state index in [4.69, 9.17) is 5.73 Å². The topological polar surface area (TPSA) is 32.5 Å². The van der Waals surface area contributed by atoms with Crippen LogP contribution in [0.4, 0.5) is 0 Å². The molecule has 19 heavy (non-hydrogen) atoms. The molecule has 0 spiro atoms. The van der Waals surface area contributed by atoms with Gasteiger partial charge in [0.25, 0.3) is 0 Å². The Morgan fingerprint density at radius 1 is 1.21 bits per heavy atom. The molecule has 1 aliphatic heterocycles. The second-order valence-electron chi connectivity index (χ2n) is 6.13. The minimum Gasteiger partial charge on any atom is -0.329 e. The molecule has 0 aliphatic carbocycles. The standard InChI is InChI=1S/C16H35N3/c1-5-16(6-2,14-17)19(7-3)13-11-15-10-8-9-12-18(15)4/h15H,5-14,17H2,1-4H3. The maximum atomic E-state index is 6.09. The lowest BCUT2D eigenvalue weighted by Gasteiger charge is -2.43.